The fourth-order valence-corrected chi connectivity index (χ4v) is 3.80. The topological polar surface area (TPSA) is 157 Å². The van der Waals surface area contributed by atoms with Crippen molar-refractivity contribution in [2.75, 3.05) is 5.73 Å². The minimum Gasteiger partial charge on any atom is -0.399 e. The van der Waals surface area contributed by atoms with E-state index in [4.69, 9.17) is 23.1 Å². The summed E-state index contributed by atoms with van der Waals surface area (Å²) >= 11 is 6.17. The van der Waals surface area contributed by atoms with E-state index >= 15 is 0 Å². The fraction of sp³-hybridized carbons (Fsp3) is 0. The van der Waals surface area contributed by atoms with Gasteiger partial charge in [0.05, 0.1) is 4.90 Å². The van der Waals surface area contributed by atoms with Crippen LogP contribution in [0, 0.1) is 0 Å². The van der Waals surface area contributed by atoms with E-state index in [0.717, 1.165) is 0 Å². The number of nitrogens with two attached hydrogens (primary N) is 2. The summed E-state index contributed by atoms with van der Waals surface area (Å²) in [6.07, 6.45) is 1.33. The maximum Gasteiger partial charge on any atom is 0.285 e. The summed E-state index contributed by atoms with van der Waals surface area (Å²) in [4.78, 5) is 25.4. The van der Waals surface area contributed by atoms with E-state index in [1.807, 2.05) is 0 Å². The van der Waals surface area contributed by atoms with Gasteiger partial charge in [-0.05, 0) is 54.1 Å². The standard InChI is InChI=1S/C23H20ClN5O4S/c24-19-9-5-4-8-16(19)14-20(27-21(30)15-6-2-1-3-7-15)22(31)28-23(26)29-34(32,33)18-12-10-17(25)11-13-18/h1-14H,25H2,(H,27,30)(H3,26,28,29,31)/b20-14-. The van der Waals surface area contributed by atoms with Crippen LogP contribution < -0.4 is 22.1 Å². The van der Waals surface area contributed by atoms with E-state index in [0.29, 0.717) is 21.8 Å². The van der Waals surface area contributed by atoms with Crippen molar-refractivity contribution in [1.29, 1.82) is 0 Å². The summed E-state index contributed by atoms with van der Waals surface area (Å²) in [6.45, 7) is 0. The van der Waals surface area contributed by atoms with Crippen LogP contribution in [-0.4, -0.2) is 26.2 Å². The van der Waals surface area contributed by atoms with E-state index in [2.05, 4.69) is 15.0 Å². The molecule has 0 saturated carbocycles. The molecule has 6 N–H and O–H groups in total. The zero-order valence-corrected chi connectivity index (χ0v) is 19.2. The van der Waals surface area contributed by atoms with Gasteiger partial charge in [0.1, 0.15) is 5.70 Å². The molecule has 34 heavy (non-hydrogen) atoms. The number of guanidine groups is 1. The molecule has 0 spiro atoms. The van der Waals surface area contributed by atoms with Gasteiger partial charge in [-0.25, -0.2) is 0 Å². The molecule has 0 radical (unpaired) electrons. The zero-order valence-electron chi connectivity index (χ0n) is 17.6. The number of sulfonamides is 1. The molecule has 2 amide bonds. The van der Waals surface area contributed by atoms with Gasteiger partial charge in [-0.3, -0.25) is 14.9 Å². The third-order valence-corrected chi connectivity index (χ3v) is 6.02. The van der Waals surface area contributed by atoms with Crippen LogP contribution in [0.1, 0.15) is 15.9 Å². The van der Waals surface area contributed by atoms with Crippen molar-refractivity contribution in [3.8, 4) is 0 Å². The maximum atomic E-state index is 12.9. The Balaban J connectivity index is 1.88. The molecule has 0 atom stereocenters. The molecule has 0 saturated heterocycles. The second kappa shape index (κ2) is 10.6. The maximum absolute atomic E-state index is 12.9. The molecule has 11 heteroatoms. The number of rotatable bonds is 6. The van der Waals surface area contributed by atoms with Crippen molar-refractivity contribution in [1.82, 2.24) is 10.6 Å². The van der Waals surface area contributed by atoms with Crippen LogP contribution >= 0.6 is 11.6 Å². The predicted molar refractivity (Wildman–Crippen MR) is 131 cm³/mol. The summed E-state index contributed by atoms with van der Waals surface area (Å²) in [5, 5.41) is 4.99. The molecule has 0 aliphatic rings. The Morgan fingerprint density at radius 2 is 1.50 bits per heavy atom. The van der Waals surface area contributed by atoms with E-state index < -0.39 is 27.8 Å². The Morgan fingerprint density at radius 3 is 2.15 bits per heavy atom. The minimum atomic E-state index is -4.21. The molecule has 174 valence electrons. The summed E-state index contributed by atoms with van der Waals surface area (Å²) in [5.41, 5.74) is 12.1. The minimum absolute atomic E-state index is 0.164. The Hall–Kier alpha value is -4.15. The highest BCUT2D eigenvalue weighted by molar-refractivity contribution is 7.90. The van der Waals surface area contributed by atoms with Crippen LogP contribution in [0.4, 0.5) is 5.69 Å². The van der Waals surface area contributed by atoms with Gasteiger partial charge in [0.15, 0.2) is 0 Å². The van der Waals surface area contributed by atoms with Gasteiger partial charge in [-0.2, -0.15) is 8.42 Å². The highest BCUT2D eigenvalue weighted by Gasteiger charge is 2.18. The van der Waals surface area contributed by atoms with Gasteiger partial charge < -0.3 is 16.8 Å². The monoisotopic (exact) mass is 497 g/mol. The van der Waals surface area contributed by atoms with Crippen molar-refractivity contribution in [2.45, 2.75) is 4.90 Å². The number of carbonyl (C=O) groups is 2. The van der Waals surface area contributed by atoms with Crippen LogP contribution in [0.5, 0.6) is 0 Å². The third kappa shape index (κ3) is 6.44. The predicted octanol–water partition coefficient (Wildman–Crippen LogP) is 2.51. The van der Waals surface area contributed by atoms with Crippen LogP contribution in [-0.2, 0) is 14.8 Å². The summed E-state index contributed by atoms with van der Waals surface area (Å²) in [6, 6.07) is 20.1. The zero-order chi connectivity index (χ0) is 24.7. The van der Waals surface area contributed by atoms with Crippen LogP contribution in [0.2, 0.25) is 5.02 Å². The lowest BCUT2D eigenvalue weighted by Crippen LogP contribution is -2.42. The lowest BCUT2D eigenvalue weighted by Gasteiger charge is -2.11. The van der Waals surface area contributed by atoms with Gasteiger partial charge >= 0.3 is 0 Å². The molecule has 0 bridgehead atoms. The Morgan fingerprint density at radius 1 is 0.882 bits per heavy atom. The number of amides is 2. The molecule has 0 unspecified atom stereocenters. The Bertz CT molecular complexity index is 1370. The molecule has 3 aromatic rings. The average molecular weight is 498 g/mol. The van der Waals surface area contributed by atoms with Crippen LogP contribution in [0.15, 0.2) is 93.9 Å². The quantitative estimate of drug-likeness (QED) is 0.177. The molecule has 3 rings (SSSR count). The number of hydrogen-bond acceptors (Lipinski definition) is 5. The number of benzene rings is 3. The summed E-state index contributed by atoms with van der Waals surface area (Å²) < 4.78 is 28.3. The van der Waals surface area contributed by atoms with Crippen LogP contribution in [0.3, 0.4) is 0 Å². The third-order valence-electron chi connectivity index (χ3n) is 4.37. The smallest absolute Gasteiger partial charge is 0.285 e. The number of carbonyl (C=O) groups excluding carboxylic acids is 2. The van der Waals surface area contributed by atoms with Crippen molar-refractivity contribution >= 4 is 51.2 Å². The molecule has 0 heterocycles. The molecular formula is C23H20ClN5O4S. The van der Waals surface area contributed by atoms with Gasteiger partial charge in [-0.1, -0.05) is 48.0 Å². The summed E-state index contributed by atoms with van der Waals surface area (Å²) in [5.74, 6) is -2.17. The lowest BCUT2D eigenvalue weighted by molar-refractivity contribution is -0.116. The van der Waals surface area contributed by atoms with Gasteiger partial charge in [0.2, 0.25) is 5.96 Å². The highest BCUT2D eigenvalue weighted by atomic mass is 35.5. The number of hydrogen-bond donors (Lipinski definition) is 4. The number of nitrogens with zero attached hydrogens (tertiary/aromatic N) is 1. The second-order valence-electron chi connectivity index (χ2n) is 6.87. The molecule has 0 aliphatic heterocycles. The van der Waals surface area contributed by atoms with E-state index in [-0.39, 0.29) is 10.6 Å². The normalized spacial score (nSPS) is 12.1. The molecule has 9 nitrogen and oxygen atoms in total. The van der Waals surface area contributed by atoms with E-state index in [9.17, 15) is 18.0 Å². The highest BCUT2D eigenvalue weighted by Crippen LogP contribution is 2.18. The number of nitrogen functional groups attached to an aromatic ring is 1. The van der Waals surface area contributed by atoms with E-state index in [1.54, 1.807) is 54.6 Å². The number of nitrogens with one attached hydrogen (secondary N) is 2. The van der Waals surface area contributed by atoms with Gasteiger partial charge in [0, 0.05) is 16.3 Å². The number of halogens is 1. The first kappa shape index (κ1) is 24.5. The first-order valence-corrected chi connectivity index (χ1v) is 11.6. The van der Waals surface area contributed by atoms with Crippen molar-refractivity contribution in [3.05, 3.63) is 101 Å². The van der Waals surface area contributed by atoms with Gasteiger partial charge in [0.25, 0.3) is 21.8 Å². The Kier molecular flexibility index (Phi) is 7.67. The average Bonchev–Trinajstić information content (AvgIpc) is 2.80. The van der Waals surface area contributed by atoms with Crippen molar-refractivity contribution in [2.24, 2.45) is 10.1 Å². The Labute approximate surface area is 201 Å². The molecule has 0 fully saturated rings. The largest absolute Gasteiger partial charge is 0.399 e. The second-order valence-corrected chi connectivity index (χ2v) is 8.89. The van der Waals surface area contributed by atoms with Gasteiger partial charge in [-0.15, -0.1) is 4.40 Å². The molecule has 0 aromatic heterocycles. The fourth-order valence-electron chi connectivity index (χ4n) is 2.72. The first-order valence-electron chi connectivity index (χ1n) is 9.75. The van der Waals surface area contributed by atoms with Crippen molar-refractivity contribution in [3.63, 3.8) is 0 Å². The molecular weight excluding hydrogens is 478 g/mol. The van der Waals surface area contributed by atoms with Crippen LogP contribution in [0.25, 0.3) is 6.08 Å². The lowest BCUT2D eigenvalue weighted by atomic mass is 10.1. The molecule has 0 aliphatic carbocycles. The van der Waals surface area contributed by atoms with E-state index in [1.165, 1.54) is 30.3 Å². The number of anilines is 1. The molecule has 3 aromatic carbocycles. The summed E-state index contributed by atoms with van der Waals surface area (Å²) in [7, 11) is -4.21. The SMILES string of the molecule is N/C(=N/S(=O)(=O)c1ccc(N)cc1)NC(=O)/C(=C/c1ccccc1Cl)NC(=O)c1ccccc1. The first-order chi connectivity index (χ1) is 16.2. The van der Waals surface area contributed by atoms with Crippen molar-refractivity contribution < 1.29 is 18.0 Å².